The lowest BCUT2D eigenvalue weighted by Crippen LogP contribution is -2.33. The molecule has 0 aliphatic heterocycles. The van der Waals surface area contributed by atoms with Crippen LogP contribution in [-0.4, -0.2) is 42.3 Å². The fraction of sp³-hybridized carbons (Fsp3) is 0.359. The minimum atomic E-state index is -0.488. The number of nitrogens with one attached hydrogen (secondary N) is 2. The van der Waals surface area contributed by atoms with Gasteiger partial charge in [-0.2, -0.15) is 4.98 Å². The third-order valence-electron chi connectivity index (χ3n) is 7.16. The number of hydrogen-bond acceptors (Lipinski definition) is 7. The lowest BCUT2D eigenvalue weighted by atomic mass is 10.1. The minimum absolute atomic E-state index is 0.0594. The van der Waals surface area contributed by atoms with Crippen molar-refractivity contribution in [3.63, 3.8) is 0 Å². The second kappa shape index (κ2) is 18.9. The van der Waals surface area contributed by atoms with Crippen LogP contribution in [0.15, 0.2) is 97.1 Å². The largest absolute Gasteiger partial charge is 0.484 e. The lowest BCUT2D eigenvalue weighted by molar-refractivity contribution is -0.123. The Hall–Kier alpha value is -5.05. The van der Waals surface area contributed by atoms with E-state index >= 15 is 0 Å². The number of amides is 2. The van der Waals surface area contributed by atoms with E-state index in [9.17, 15) is 9.59 Å². The van der Waals surface area contributed by atoms with Crippen molar-refractivity contribution in [1.29, 1.82) is 0 Å². The van der Waals surface area contributed by atoms with Crippen molar-refractivity contribution in [3.05, 3.63) is 108 Å². The number of unbranched alkanes of at least 4 members (excludes halogenated alkanes) is 4. The molecule has 1 aromatic heterocycles. The summed E-state index contributed by atoms with van der Waals surface area (Å²) >= 11 is 0. The van der Waals surface area contributed by atoms with Crippen molar-refractivity contribution in [2.24, 2.45) is 0 Å². The van der Waals surface area contributed by atoms with Gasteiger partial charge in [-0.25, -0.2) is 4.79 Å². The predicted octanol–water partition coefficient (Wildman–Crippen LogP) is 7.88. The number of pyridine rings is 1. The zero-order valence-electron chi connectivity index (χ0n) is 28.2. The number of carbonyl (C=O) groups excluding carboxylic acids is 2. The molecule has 1 heterocycles. The highest BCUT2D eigenvalue weighted by Gasteiger charge is 2.15. The molecular formula is C39H47N3O6. The van der Waals surface area contributed by atoms with Crippen LogP contribution in [0.4, 0.5) is 4.79 Å². The van der Waals surface area contributed by atoms with E-state index in [2.05, 4.69) is 15.6 Å². The summed E-state index contributed by atoms with van der Waals surface area (Å²) < 4.78 is 23.1. The number of hydrogen-bond donors (Lipinski definition) is 2. The molecule has 48 heavy (non-hydrogen) atoms. The lowest BCUT2D eigenvalue weighted by Gasteiger charge is -2.19. The molecule has 9 nitrogen and oxygen atoms in total. The molecular weight excluding hydrogens is 606 g/mol. The molecule has 0 radical (unpaired) electrons. The van der Waals surface area contributed by atoms with Gasteiger partial charge in [0.15, 0.2) is 6.61 Å². The molecule has 4 rings (SSSR count). The van der Waals surface area contributed by atoms with Gasteiger partial charge >= 0.3 is 6.09 Å². The summed E-state index contributed by atoms with van der Waals surface area (Å²) in [4.78, 5) is 28.7. The number of alkyl carbamates (subject to hydrolysis) is 1. The fourth-order valence-electron chi connectivity index (χ4n) is 4.73. The van der Waals surface area contributed by atoms with E-state index in [1.807, 2.05) is 118 Å². The van der Waals surface area contributed by atoms with Crippen LogP contribution in [0.1, 0.15) is 64.0 Å². The van der Waals surface area contributed by atoms with Gasteiger partial charge in [0.1, 0.15) is 24.6 Å². The fourth-order valence-corrected chi connectivity index (χ4v) is 4.73. The van der Waals surface area contributed by atoms with Crippen molar-refractivity contribution >= 4 is 12.0 Å². The van der Waals surface area contributed by atoms with Gasteiger partial charge in [0, 0.05) is 24.7 Å². The summed E-state index contributed by atoms with van der Waals surface area (Å²) in [6, 6.07) is 31.2. The summed E-state index contributed by atoms with van der Waals surface area (Å²) in [5.74, 6) is 1.38. The Labute approximate surface area is 284 Å². The van der Waals surface area contributed by atoms with E-state index in [0.717, 1.165) is 54.4 Å². The number of nitrogens with zero attached hydrogens (tertiary/aromatic N) is 1. The van der Waals surface area contributed by atoms with E-state index in [1.165, 1.54) is 0 Å². The molecule has 4 aromatic rings. The summed E-state index contributed by atoms with van der Waals surface area (Å²) in [5, 5.41) is 5.69. The second-order valence-electron chi connectivity index (χ2n) is 12.4. The van der Waals surface area contributed by atoms with Crippen molar-refractivity contribution in [3.8, 4) is 28.6 Å². The molecule has 0 fully saturated rings. The number of rotatable bonds is 18. The molecule has 2 N–H and O–H groups in total. The van der Waals surface area contributed by atoms with Gasteiger partial charge in [-0.15, -0.1) is 0 Å². The second-order valence-corrected chi connectivity index (χ2v) is 12.4. The van der Waals surface area contributed by atoms with E-state index in [4.69, 9.17) is 18.9 Å². The quantitative estimate of drug-likeness (QED) is 0.105. The van der Waals surface area contributed by atoms with Crippen LogP contribution in [0.5, 0.6) is 17.5 Å². The maximum Gasteiger partial charge on any atom is 0.407 e. The van der Waals surface area contributed by atoms with Gasteiger partial charge < -0.3 is 29.6 Å². The van der Waals surface area contributed by atoms with E-state index in [1.54, 1.807) is 0 Å². The maximum absolute atomic E-state index is 12.3. The molecule has 0 aliphatic carbocycles. The summed E-state index contributed by atoms with van der Waals surface area (Å²) in [6.45, 7) is 7.44. The Morgan fingerprint density at radius 2 is 1.23 bits per heavy atom. The van der Waals surface area contributed by atoms with Crippen molar-refractivity contribution in [1.82, 2.24) is 15.6 Å². The standard InChI is InChI=1S/C39H47N3O6/c1-39(2,3)48-38(44)41-26-14-6-4-5-13-25-40-35(43)29-45-33-21-19-32(20-22-33)34-23-24-36(46-27-30-15-9-7-10-16-30)42-37(34)47-28-31-17-11-8-12-18-31/h7-12,15-24H,4-6,13-14,25-29H2,1-3H3,(H,40,43)(H,41,44). The van der Waals surface area contributed by atoms with Crippen LogP contribution in [0.3, 0.4) is 0 Å². The number of aromatic nitrogens is 1. The molecule has 254 valence electrons. The van der Waals surface area contributed by atoms with E-state index in [0.29, 0.717) is 43.8 Å². The Bertz CT molecular complexity index is 1540. The molecule has 0 aliphatic rings. The van der Waals surface area contributed by atoms with Crippen LogP contribution in [0.25, 0.3) is 11.1 Å². The zero-order chi connectivity index (χ0) is 34.0. The Morgan fingerprint density at radius 1 is 0.646 bits per heavy atom. The molecule has 0 bridgehead atoms. The van der Waals surface area contributed by atoms with E-state index < -0.39 is 5.60 Å². The number of carbonyl (C=O) groups is 2. The molecule has 3 aromatic carbocycles. The summed E-state index contributed by atoms with van der Waals surface area (Å²) in [6.07, 6.45) is 4.44. The molecule has 0 saturated carbocycles. The highest BCUT2D eigenvalue weighted by atomic mass is 16.6. The average Bonchev–Trinajstić information content (AvgIpc) is 3.08. The van der Waals surface area contributed by atoms with Crippen molar-refractivity contribution < 1.29 is 28.5 Å². The number of benzene rings is 3. The van der Waals surface area contributed by atoms with Crippen LogP contribution in [-0.2, 0) is 22.7 Å². The molecule has 0 unspecified atom stereocenters. The minimum Gasteiger partial charge on any atom is -0.484 e. The summed E-state index contributed by atoms with van der Waals surface area (Å²) in [7, 11) is 0. The Morgan fingerprint density at radius 3 is 1.85 bits per heavy atom. The molecule has 0 saturated heterocycles. The topological polar surface area (TPSA) is 108 Å². The molecule has 0 atom stereocenters. The third-order valence-corrected chi connectivity index (χ3v) is 7.16. The summed E-state index contributed by atoms with van der Waals surface area (Å²) in [5.41, 5.74) is 3.32. The average molecular weight is 654 g/mol. The van der Waals surface area contributed by atoms with Gasteiger partial charge in [0.2, 0.25) is 11.8 Å². The highest BCUT2D eigenvalue weighted by molar-refractivity contribution is 5.77. The normalized spacial score (nSPS) is 11.0. The predicted molar refractivity (Wildman–Crippen MR) is 187 cm³/mol. The molecule has 2 amide bonds. The number of ether oxygens (including phenoxy) is 4. The first-order chi connectivity index (χ1) is 23.2. The molecule has 0 spiro atoms. The van der Waals surface area contributed by atoms with Crippen LogP contribution < -0.4 is 24.8 Å². The van der Waals surface area contributed by atoms with Gasteiger partial charge in [0.25, 0.3) is 5.91 Å². The smallest absolute Gasteiger partial charge is 0.407 e. The first kappa shape index (κ1) is 35.8. The first-order valence-electron chi connectivity index (χ1n) is 16.6. The third kappa shape index (κ3) is 13.4. The SMILES string of the molecule is CC(C)(C)OC(=O)NCCCCCCCNC(=O)COc1ccc(-c2ccc(OCc3ccccc3)nc2OCc2ccccc2)cc1. The van der Waals surface area contributed by atoms with Gasteiger partial charge in [-0.3, -0.25) is 4.79 Å². The monoisotopic (exact) mass is 653 g/mol. The van der Waals surface area contributed by atoms with Crippen LogP contribution in [0, 0.1) is 0 Å². The van der Waals surface area contributed by atoms with Crippen LogP contribution in [0.2, 0.25) is 0 Å². The maximum atomic E-state index is 12.3. The van der Waals surface area contributed by atoms with Crippen LogP contribution >= 0.6 is 0 Å². The van der Waals surface area contributed by atoms with Gasteiger partial charge in [-0.05, 0) is 68.5 Å². The van der Waals surface area contributed by atoms with Gasteiger partial charge in [0.05, 0.1) is 0 Å². The first-order valence-corrected chi connectivity index (χ1v) is 16.6. The zero-order valence-corrected chi connectivity index (χ0v) is 28.2. The molecule has 9 heteroatoms. The Kier molecular flexibility index (Phi) is 14.1. The van der Waals surface area contributed by atoms with Crippen molar-refractivity contribution in [2.75, 3.05) is 19.7 Å². The van der Waals surface area contributed by atoms with Gasteiger partial charge in [-0.1, -0.05) is 92.1 Å². The Balaban J connectivity index is 1.20. The van der Waals surface area contributed by atoms with E-state index in [-0.39, 0.29) is 18.6 Å². The highest BCUT2D eigenvalue weighted by Crippen LogP contribution is 2.32. The van der Waals surface area contributed by atoms with Crippen molar-refractivity contribution in [2.45, 2.75) is 71.7 Å².